The lowest BCUT2D eigenvalue weighted by molar-refractivity contribution is -0.119. The molecule has 0 saturated carbocycles. The number of carbonyl (C=O) groups is 1. The number of rotatable bonds is 10. The number of pyridine rings is 1. The van der Waals surface area contributed by atoms with E-state index in [-0.39, 0.29) is 11.9 Å². The number of hydrogen-bond acceptors (Lipinski definition) is 5. The predicted octanol–water partition coefficient (Wildman–Crippen LogP) is 7.10. The second-order valence-corrected chi connectivity index (χ2v) is 12.5. The lowest BCUT2D eigenvalue weighted by Gasteiger charge is -2.17. The van der Waals surface area contributed by atoms with Crippen LogP contribution in [0, 0.1) is 13.8 Å². The third-order valence-electron chi connectivity index (χ3n) is 9.34. The summed E-state index contributed by atoms with van der Waals surface area (Å²) in [5.41, 5.74) is 14.0. The van der Waals surface area contributed by atoms with Gasteiger partial charge in [0.15, 0.2) is 11.5 Å². The first kappa shape index (κ1) is 30.5. The van der Waals surface area contributed by atoms with Crippen LogP contribution in [0.5, 0.6) is 0 Å². The van der Waals surface area contributed by atoms with Crippen LogP contribution in [0.25, 0.3) is 50.4 Å². The zero-order valence-corrected chi connectivity index (χ0v) is 27.2. The Kier molecular flexibility index (Phi) is 8.66. The van der Waals surface area contributed by atoms with Crippen molar-refractivity contribution in [2.45, 2.75) is 45.8 Å². The molecule has 0 aliphatic carbocycles. The summed E-state index contributed by atoms with van der Waals surface area (Å²) in [6, 6.07) is 34.9. The summed E-state index contributed by atoms with van der Waals surface area (Å²) in [6.07, 6.45) is 3.62. The second kappa shape index (κ2) is 13.3. The highest BCUT2D eigenvalue weighted by Gasteiger charge is 2.20. The molecule has 1 fully saturated rings. The van der Waals surface area contributed by atoms with Crippen LogP contribution in [0.1, 0.15) is 35.1 Å². The highest BCUT2D eigenvalue weighted by Crippen LogP contribution is 2.37. The van der Waals surface area contributed by atoms with Crippen molar-refractivity contribution in [3.05, 3.63) is 126 Å². The summed E-state index contributed by atoms with van der Waals surface area (Å²) in [5.74, 6) is 0.995. The molecule has 0 unspecified atom stereocenters. The SMILES string of the molecule is CNCc1ccc(-c2nnc3cc(-c4cccc(-c5cccc(-c6ccc(CNC[C@H]7CCC(=O)N7)cc6)c5C)c4C)ccn23)cc1. The fourth-order valence-corrected chi connectivity index (χ4v) is 6.73. The molecule has 7 nitrogen and oxygen atoms in total. The number of amides is 1. The van der Waals surface area contributed by atoms with Crippen LogP contribution in [0.3, 0.4) is 0 Å². The van der Waals surface area contributed by atoms with Gasteiger partial charge in [-0.3, -0.25) is 9.20 Å². The van der Waals surface area contributed by atoms with Crippen molar-refractivity contribution in [3.63, 3.8) is 0 Å². The number of benzene rings is 4. The third-order valence-corrected chi connectivity index (χ3v) is 9.34. The van der Waals surface area contributed by atoms with Crippen molar-refractivity contribution < 1.29 is 4.79 Å². The van der Waals surface area contributed by atoms with Crippen molar-refractivity contribution in [1.29, 1.82) is 0 Å². The predicted molar refractivity (Wildman–Crippen MR) is 190 cm³/mol. The number of aromatic nitrogens is 3. The summed E-state index contributed by atoms with van der Waals surface area (Å²) >= 11 is 0. The molecular weight excluding hydrogens is 580 g/mol. The van der Waals surface area contributed by atoms with Gasteiger partial charge in [-0.25, -0.2) is 0 Å². The molecule has 2 aromatic heterocycles. The fourth-order valence-electron chi connectivity index (χ4n) is 6.73. The highest BCUT2D eigenvalue weighted by atomic mass is 16.1. The van der Waals surface area contributed by atoms with Gasteiger partial charge in [0.1, 0.15) is 0 Å². The molecule has 3 heterocycles. The van der Waals surface area contributed by atoms with E-state index in [1.54, 1.807) is 0 Å². The zero-order chi connectivity index (χ0) is 32.3. The molecule has 1 amide bonds. The Hall–Kier alpha value is -5.11. The molecular formula is C40H40N6O. The lowest BCUT2D eigenvalue weighted by atomic mass is 9.88. The topological polar surface area (TPSA) is 83.3 Å². The maximum absolute atomic E-state index is 11.5. The molecule has 1 saturated heterocycles. The standard InChI is InChI=1S/C40H40N6O/c1-26-34(30-14-10-29(11-15-30)24-42-25-33-18-19-39(47)43-33)6-4-8-36(26)37-9-5-7-35(27(37)2)32-20-21-46-38(22-32)44-45-40(46)31-16-12-28(13-17-31)23-41-3/h4-17,20-22,33,41-42H,18-19,23-25H2,1-3H3,(H,43,47)/t33-/m1/s1. The van der Waals surface area contributed by atoms with Crippen LogP contribution >= 0.6 is 0 Å². The summed E-state index contributed by atoms with van der Waals surface area (Å²) in [5, 5.41) is 18.8. The van der Waals surface area contributed by atoms with Gasteiger partial charge in [0, 0.05) is 43.9 Å². The number of carbonyl (C=O) groups excluding carboxylic acids is 1. The summed E-state index contributed by atoms with van der Waals surface area (Å²) in [7, 11) is 1.95. The monoisotopic (exact) mass is 620 g/mol. The van der Waals surface area contributed by atoms with E-state index >= 15 is 0 Å². The second-order valence-electron chi connectivity index (χ2n) is 12.5. The summed E-state index contributed by atoms with van der Waals surface area (Å²) < 4.78 is 2.06. The third kappa shape index (κ3) is 6.32. The van der Waals surface area contributed by atoms with Gasteiger partial charge in [0.2, 0.25) is 5.91 Å². The van der Waals surface area contributed by atoms with E-state index in [0.29, 0.717) is 6.42 Å². The van der Waals surface area contributed by atoms with E-state index in [0.717, 1.165) is 48.7 Å². The lowest BCUT2D eigenvalue weighted by Crippen LogP contribution is -2.35. The number of nitrogens with zero attached hydrogens (tertiary/aromatic N) is 3. The molecule has 6 aromatic rings. The Balaban J connectivity index is 1.12. The molecule has 47 heavy (non-hydrogen) atoms. The van der Waals surface area contributed by atoms with E-state index in [1.807, 2.05) is 7.05 Å². The first-order valence-corrected chi connectivity index (χ1v) is 16.4. The quantitative estimate of drug-likeness (QED) is 0.152. The van der Waals surface area contributed by atoms with Crippen molar-refractivity contribution in [3.8, 4) is 44.8 Å². The smallest absolute Gasteiger partial charge is 0.220 e. The van der Waals surface area contributed by atoms with E-state index in [2.05, 4.69) is 148 Å². The Morgan fingerprint density at radius 3 is 2.00 bits per heavy atom. The van der Waals surface area contributed by atoms with Crippen molar-refractivity contribution in [2.24, 2.45) is 0 Å². The molecule has 3 N–H and O–H groups in total. The molecule has 7 rings (SSSR count). The molecule has 4 aromatic carbocycles. The normalized spacial score (nSPS) is 14.5. The Morgan fingerprint density at radius 2 is 1.36 bits per heavy atom. The van der Waals surface area contributed by atoms with Gasteiger partial charge in [0.25, 0.3) is 0 Å². The van der Waals surface area contributed by atoms with Gasteiger partial charge in [-0.05, 0) is 95.1 Å². The van der Waals surface area contributed by atoms with Gasteiger partial charge < -0.3 is 16.0 Å². The average Bonchev–Trinajstić information content (AvgIpc) is 3.71. The minimum atomic E-state index is 0.158. The Labute approximate surface area is 276 Å². The first-order valence-electron chi connectivity index (χ1n) is 16.4. The molecule has 1 atom stereocenters. The Bertz CT molecular complexity index is 2050. The molecule has 0 spiro atoms. The van der Waals surface area contributed by atoms with Crippen molar-refractivity contribution in [2.75, 3.05) is 13.6 Å². The number of nitrogens with one attached hydrogen (secondary N) is 3. The molecule has 0 bridgehead atoms. The molecule has 7 heteroatoms. The Morgan fingerprint density at radius 1 is 0.745 bits per heavy atom. The van der Waals surface area contributed by atoms with Gasteiger partial charge in [0.05, 0.1) is 0 Å². The van der Waals surface area contributed by atoms with E-state index < -0.39 is 0 Å². The summed E-state index contributed by atoms with van der Waals surface area (Å²) in [4.78, 5) is 11.5. The van der Waals surface area contributed by atoms with Crippen LogP contribution in [0.15, 0.2) is 103 Å². The van der Waals surface area contributed by atoms with Crippen LogP contribution in [-0.2, 0) is 17.9 Å². The highest BCUT2D eigenvalue weighted by molar-refractivity contribution is 5.84. The van der Waals surface area contributed by atoms with Crippen molar-refractivity contribution in [1.82, 2.24) is 30.5 Å². The van der Waals surface area contributed by atoms with Crippen LogP contribution in [-0.4, -0.2) is 40.1 Å². The zero-order valence-electron chi connectivity index (χ0n) is 27.2. The molecule has 236 valence electrons. The van der Waals surface area contributed by atoms with Gasteiger partial charge in [-0.2, -0.15) is 0 Å². The molecule has 0 radical (unpaired) electrons. The van der Waals surface area contributed by atoms with E-state index in [4.69, 9.17) is 0 Å². The number of fused-ring (bicyclic) bond motifs is 1. The van der Waals surface area contributed by atoms with Crippen molar-refractivity contribution >= 4 is 11.6 Å². The average molecular weight is 621 g/mol. The molecule has 1 aliphatic rings. The van der Waals surface area contributed by atoms with E-state index in [9.17, 15) is 4.79 Å². The maximum atomic E-state index is 11.5. The van der Waals surface area contributed by atoms with Gasteiger partial charge in [-0.15, -0.1) is 10.2 Å². The minimum Gasteiger partial charge on any atom is -0.352 e. The van der Waals surface area contributed by atoms with Crippen LogP contribution < -0.4 is 16.0 Å². The molecule has 1 aliphatic heterocycles. The van der Waals surface area contributed by atoms with E-state index in [1.165, 1.54) is 50.1 Å². The number of hydrogen-bond donors (Lipinski definition) is 3. The first-order chi connectivity index (χ1) is 23.0. The fraction of sp³-hybridized carbons (Fsp3) is 0.225. The largest absolute Gasteiger partial charge is 0.352 e. The van der Waals surface area contributed by atoms with Gasteiger partial charge in [-0.1, -0.05) is 84.9 Å². The van der Waals surface area contributed by atoms with Crippen LogP contribution in [0.2, 0.25) is 0 Å². The summed E-state index contributed by atoms with van der Waals surface area (Å²) in [6.45, 7) is 6.84. The maximum Gasteiger partial charge on any atom is 0.220 e. The minimum absolute atomic E-state index is 0.158. The van der Waals surface area contributed by atoms with Crippen LogP contribution in [0.4, 0.5) is 0 Å². The van der Waals surface area contributed by atoms with Gasteiger partial charge >= 0.3 is 0 Å².